The van der Waals surface area contributed by atoms with E-state index in [1.54, 1.807) is 24.3 Å². The third-order valence-corrected chi connectivity index (χ3v) is 5.82. The molecule has 1 fully saturated rings. The molecule has 0 unspecified atom stereocenters. The minimum absolute atomic E-state index is 0.127. The number of aliphatic imine (C=N–C) groups is 1. The van der Waals surface area contributed by atoms with Crippen molar-refractivity contribution in [2.24, 2.45) is 4.99 Å². The topological polar surface area (TPSA) is 85.8 Å². The number of para-hydroxylation sites is 2. The van der Waals surface area contributed by atoms with E-state index in [0.717, 1.165) is 34.3 Å². The van der Waals surface area contributed by atoms with Crippen LogP contribution in [-0.4, -0.2) is 38.6 Å². The number of rotatable bonds is 5. The van der Waals surface area contributed by atoms with E-state index >= 15 is 0 Å². The van der Waals surface area contributed by atoms with Gasteiger partial charge in [0.2, 0.25) is 0 Å². The number of nitrogens with one attached hydrogen (secondary N) is 1. The monoisotopic (exact) mass is 425 g/mol. The van der Waals surface area contributed by atoms with Gasteiger partial charge < -0.3 is 10.1 Å². The number of carboxylic acids is 1. The number of aliphatic carboxylic acids is 1. The van der Waals surface area contributed by atoms with Crippen molar-refractivity contribution in [3.8, 4) is 0 Å². The zero-order valence-corrected chi connectivity index (χ0v) is 16.7. The molecule has 6 nitrogen and oxygen atoms in total. The summed E-state index contributed by atoms with van der Waals surface area (Å²) in [5, 5.41) is 11.0. The summed E-state index contributed by atoms with van der Waals surface area (Å²) in [5.74, 6) is -1.54. The highest BCUT2D eigenvalue weighted by Gasteiger charge is 2.34. The maximum atomic E-state index is 12.8. The standard InChI is InChI=1S/C21H16ClN3O3S/c22-15-6-2-4-8-17(15)24-21-25(20(28)18(29-21)11-19(26)27)10-9-13-12-23-16-7-3-1-5-14(13)16/h1-8,11-12,23H,9-10H2,(H,26,27)/b18-11+,24-21?. The summed E-state index contributed by atoms with van der Waals surface area (Å²) < 4.78 is 0. The second kappa shape index (κ2) is 8.14. The van der Waals surface area contributed by atoms with Crippen LogP contribution in [0, 0.1) is 0 Å². The Labute approximate surface area is 175 Å². The van der Waals surface area contributed by atoms with Crippen LogP contribution in [0.25, 0.3) is 10.9 Å². The number of aromatic nitrogens is 1. The molecule has 2 aromatic carbocycles. The SMILES string of the molecule is O=C(O)/C=C1/SC(=Nc2ccccc2Cl)N(CCc2c[nH]c3ccccc23)C1=O. The number of nitrogens with zero attached hydrogens (tertiary/aromatic N) is 2. The van der Waals surface area contributed by atoms with Crippen LogP contribution in [0.2, 0.25) is 5.02 Å². The van der Waals surface area contributed by atoms with Gasteiger partial charge in [0.1, 0.15) is 0 Å². The molecule has 1 aliphatic heterocycles. The normalized spacial score (nSPS) is 17.0. The van der Waals surface area contributed by atoms with Crippen molar-refractivity contribution in [1.82, 2.24) is 9.88 Å². The highest BCUT2D eigenvalue weighted by atomic mass is 35.5. The Morgan fingerprint density at radius 3 is 2.76 bits per heavy atom. The van der Waals surface area contributed by atoms with Gasteiger partial charge in [0.05, 0.1) is 15.6 Å². The number of amidine groups is 1. The van der Waals surface area contributed by atoms with Crippen LogP contribution < -0.4 is 0 Å². The number of carbonyl (C=O) groups excluding carboxylic acids is 1. The van der Waals surface area contributed by atoms with E-state index in [4.69, 9.17) is 16.7 Å². The average Bonchev–Trinajstić information content (AvgIpc) is 3.23. The summed E-state index contributed by atoms with van der Waals surface area (Å²) in [6.45, 7) is 0.369. The van der Waals surface area contributed by atoms with Crippen LogP contribution in [0.4, 0.5) is 5.69 Å². The van der Waals surface area contributed by atoms with Crippen molar-refractivity contribution >= 4 is 57.0 Å². The third kappa shape index (κ3) is 4.06. The lowest BCUT2D eigenvalue weighted by Gasteiger charge is -2.15. The number of carbonyl (C=O) groups is 2. The summed E-state index contributed by atoms with van der Waals surface area (Å²) in [6.07, 6.45) is 3.44. The third-order valence-electron chi connectivity index (χ3n) is 4.49. The molecular formula is C21H16ClN3O3S. The van der Waals surface area contributed by atoms with E-state index in [1.807, 2.05) is 30.5 Å². The molecule has 29 heavy (non-hydrogen) atoms. The number of thioether (sulfide) groups is 1. The molecule has 1 amide bonds. The zero-order valence-electron chi connectivity index (χ0n) is 15.1. The molecule has 0 bridgehead atoms. The van der Waals surface area contributed by atoms with Crippen molar-refractivity contribution < 1.29 is 14.7 Å². The lowest BCUT2D eigenvalue weighted by atomic mass is 10.1. The van der Waals surface area contributed by atoms with Gasteiger partial charge in [0.25, 0.3) is 5.91 Å². The molecule has 1 aliphatic rings. The first-order valence-electron chi connectivity index (χ1n) is 8.85. The van der Waals surface area contributed by atoms with Crippen molar-refractivity contribution in [2.45, 2.75) is 6.42 Å². The fourth-order valence-corrected chi connectivity index (χ4v) is 4.28. The van der Waals surface area contributed by atoms with Crippen LogP contribution in [0.5, 0.6) is 0 Å². The number of fused-ring (bicyclic) bond motifs is 1. The van der Waals surface area contributed by atoms with E-state index in [-0.39, 0.29) is 10.8 Å². The van der Waals surface area contributed by atoms with E-state index in [1.165, 1.54) is 4.90 Å². The maximum Gasteiger partial charge on any atom is 0.329 e. The Bertz CT molecular complexity index is 1170. The van der Waals surface area contributed by atoms with E-state index in [9.17, 15) is 9.59 Å². The largest absolute Gasteiger partial charge is 0.478 e. The molecular weight excluding hydrogens is 410 g/mol. The Hall–Kier alpha value is -3.03. The molecule has 0 aliphatic carbocycles. The predicted octanol–water partition coefficient (Wildman–Crippen LogP) is 4.60. The van der Waals surface area contributed by atoms with Gasteiger partial charge in [-0.1, -0.05) is 41.9 Å². The number of hydrogen-bond acceptors (Lipinski definition) is 4. The first kappa shape index (κ1) is 19.3. The molecule has 1 aromatic heterocycles. The maximum absolute atomic E-state index is 12.8. The molecule has 0 spiro atoms. The molecule has 1 saturated heterocycles. The predicted molar refractivity (Wildman–Crippen MR) is 116 cm³/mol. The van der Waals surface area contributed by atoms with Crippen LogP contribution >= 0.6 is 23.4 Å². The van der Waals surface area contributed by atoms with Crippen LogP contribution in [-0.2, 0) is 16.0 Å². The van der Waals surface area contributed by atoms with Gasteiger partial charge in [-0.15, -0.1) is 0 Å². The molecule has 146 valence electrons. The van der Waals surface area contributed by atoms with Gasteiger partial charge in [-0.25, -0.2) is 9.79 Å². The number of aromatic amines is 1. The Balaban J connectivity index is 1.64. The molecule has 2 heterocycles. The Morgan fingerprint density at radius 2 is 1.97 bits per heavy atom. The van der Waals surface area contributed by atoms with E-state index in [0.29, 0.717) is 28.8 Å². The zero-order chi connectivity index (χ0) is 20.4. The highest BCUT2D eigenvalue weighted by molar-refractivity contribution is 8.18. The van der Waals surface area contributed by atoms with E-state index < -0.39 is 5.97 Å². The fourth-order valence-electron chi connectivity index (χ4n) is 3.12. The minimum Gasteiger partial charge on any atom is -0.478 e. The molecule has 0 atom stereocenters. The Kier molecular flexibility index (Phi) is 5.42. The van der Waals surface area contributed by atoms with Gasteiger partial charge in [-0.2, -0.15) is 0 Å². The summed E-state index contributed by atoms with van der Waals surface area (Å²) >= 11 is 7.24. The first-order valence-corrected chi connectivity index (χ1v) is 10.0. The van der Waals surface area contributed by atoms with Crippen molar-refractivity contribution in [1.29, 1.82) is 0 Å². The minimum atomic E-state index is -1.17. The second-order valence-electron chi connectivity index (χ2n) is 6.36. The molecule has 0 saturated carbocycles. The summed E-state index contributed by atoms with van der Waals surface area (Å²) in [6, 6.07) is 15.0. The van der Waals surface area contributed by atoms with Crippen LogP contribution in [0.15, 0.2) is 70.7 Å². The lowest BCUT2D eigenvalue weighted by Crippen LogP contribution is -2.31. The highest BCUT2D eigenvalue weighted by Crippen LogP contribution is 2.34. The van der Waals surface area contributed by atoms with Crippen molar-refractivity contribution in [3.05, 3.63) is 76.3 Å². The average molecular weight is 426 g/mol. The second-order valence-corrected chi connectivity index (χ2v) is 7.78. The number of hydrogen-bond donors (Lipinski definition) is 2. The first-order chi connectivity index (χ1) is 14.0. The number of amides is 1. The van der Waals surface area contributed by atoms with E-state index in [2.05, 4.69) is 9.98 Å². The number of benzene rings is 2. The van der Waals surface area contributed by atoms with Crippen molar-refractivity contribution in [3.63, 3.8) is 0 Å². The van der Waals surface area contributed by atoms with Crippen molar-refractivity contribution in [2.75, 3.05) is 6.54 Å². The summed E-state index contributed by atoms with van der Waals surface area (Å²) in [5.41, 5.74) is 2.63. The molecule has 8 heteroatoms. The molecule has 3 aromatic rings. The van der Waals surface area contributed by atoms with Crippen LogP contribution in [0.3, 0.4) is 0 Å². The molecule has 2 N–H and O–H groups in total. The summed E-state index contributed by atoms with van der Waals surface area (Å²) in [4.78, 5) is 33.3. The quantitative estimate of drug-likeness (QED) is 0.585. The van der Waals surface area contributed by atoms with Gasteiger partial charge in [-0.3, -0.25) is 9.69 Å². The summed E-state index contributed by atoms with van der Waals surface area (Å²) in [7, 11) is 0. The van der Waals surface area contributed by atoms with Gasteiger partial charge >= 0.3 is 5.97 Å². The Morgan fingerprint density at radius 1 is 1.21 bits per heavy atom. The number of H-pyrrole nitrogens is 1. The van der Waals surface area contributed by atoms with Crippen LogP contribution in [0.1, 0.15) is 5.56 Å². The van der Waals surface area contributed by atoms with Gasteiger partial charge in [0.15, 0.2) is 5.17 Å². The fraction of sp³-hybridized carbons (Fsp3) is 0.0952. The van der Waals surface area contributed by atoms with Gasteiger partial charge in [0, 0.05) is 29.7 Å². The smallest absolute Gasteiger partial charge is 0.329 e. The van der Waals surface area contributed by atoms with Gasteiger partial charge in [-0.05, 0) is 41.9 Å². The molecule has 0 radical (unpaired) electrons. The number of carboxylic acid groups (broad SMARTS) is 1. The number of halogens is 1. The molecule has 4 rings (SSSR count). The lowest BCUT2D eigenvalue weighted by molar-refractivity contribution is -0.132.